The minimum absolute atomic E-state index is 0.0555. The first-order valence-electron chi connectivity index (χ1n) is 10.5. The van der Waals surface area contributed by atoms with Gasteiger partial charge < -0.3 is 55.1 Å². The fraction of sp³-hybridized carbons (Fsp3) is 0.889. The summed E-state index contributed by atoms with van der Waals surface area (Å²) in [5, 5.41) is 59.1. The van der Waals surface area contributed by atoms with Crippen molar-refractivity contribution in [2.45, 2.75) is 75.1 Å². The van der Waals surface area contributed by atoms with Gasteiger partial charge in [-0.3, -0.25) is 9.59 Å². The SMILES string of the molecule is CC(=O)N[C@H]1[C@H](OCCN=[N+]=[N-])O[C@H](CO)[C@@H](O[C@@H]2O[C@H](CO)[C@H](O)[C@H](O)[C@H]2NC(C)=O)[C@@H]1O. The summed E-state index contributed by atoms with van der Waals surface area (Å²) in [6.45, 7) is 0.831. The van der Waals surface area contributed by atoms with Gasteiger partial charge in [-0.25, -0.2) is 0 Å². The van der Waals surface area contributed by atoms with E-state index in [1.807, 2.05) is 0 Å². The molecule has 7 N–H and O–H groups in total. The lowest BCUT2D eigenvalue weighted by atomic mass is 9.94. The molecule has 2 saturated heterocycles. The van der Waals surface area contributed by atoms with E-state index in [-0.39, 0.29) is 13.2 Å². The fourth-order valence-electron chi connectivity index (χ4n) is 3.76. The van der Waals surface area contributed by atoms with Gasteiger partial charge in [-0.05, 0) is 5.53 Å². The molecule has 0 radical (unpaired) electrons. The summed E-state index contributed by atoms with van der Waals surface area (Å²) in [6.07, 6.45) is -11.3. The molecular formula is C18H31N5O11. The van der Waals surface area contributed by atoms with Crippen LogP contribution in [0.4, 0.5) is 0 Å². The number of ether oxygens (including phenoxy) is 4. The van der Waals surface area contributed by atoms with Gasteiger partial charge in [0.05, 0.1) is 19.8 Å². The van der Waals surface area contributed by atoms with Crippen molar-refractivity contribution in [3.63, 3.8) is 0 Å². The number of amides is 2. The predicted octanol–water partition coefficient (Wildman–Crippen LogP) is -3.77. The highest BCUT2D eigenvalue weighted by molar-refractivity contribution is 5.73. The topological polar surface area (TPSA) is 245 Å². The highest BCUT2D eigenvalue weighted by Crippen LogP contribution is 2.29. The Hall–Kier alpha value is -2.11. The smallest absolute Gasteiger partial charge is 0.217 e. The Labute approximate surface area is 194 Å². The first kappa shape index (κ1) is 28.1. The van der Waals surface area contributed by atoms with Crippen molar-refractivity contribution in [2.75, 3.05) is 26.4 Å². The van der Waals surface area contributed by atoms with Gasteiger partial charge in [-0.1, -0.05) is 5.11 Å². The van der Waals surface area contributed by atoms with Crippen LogP contribution >= 0.6 is 0 Å². The number of nitrogens with zero attached hydrogens (tertiary/aromatic N) is 3. The lowest BCUT2D eigenvalue weighted by Gasteiger charge is -2.48. The second-order valence-corrected chi connectivity index (χ2v) is 7.80. The van der Waals surface area contributed by atoms with E-state index in [1.165, 1.54) is 6.92 Å². The Bertz CT molecular complexity index is 739. The zero-order valence-electron chi connectivity index (χ0n) is 18.6. The van der Waals surface area contributed by atoms with E-state index in [9.17, 15) is 35.1 Å². The Morgan fingerprint density at radius 2 is 1.50 bits per heavy atom. The maximum atomic E-state index is 11.7. The van der Waals surface area contributed by atoms with Crippen LogP contribution in [-0.2, 0) is 28.5 Å². The number of azide groups is 1. The Morgan fingerprint density at radius 1 is 0.941 bits per heavy atom. The van der Waals surface area contributed by atoms with E-state index in [0.717, 1.165) is 6.92 Å². The van der Waals surface area contributed by atoms with E-state index >= 15 is 0 Å². The molecule has 0 saturated carbocycles. The van der Waals surface area contributed by atoms with Crippen LogP contribution in [0.5, 0.6) is 0 Å². The summed E-state index contributed by atoms with van der Waals surface area (Å²) in [5.41, 5.74) is 8.37. The van der Waals surface area contributed by atoms with Crippen LogP contribution in [0.1, 0.15) is 13.8 Å². The largest absolute Gasteiger partial charge is 0.394 e. The second kappa shape index (κ2) is 13.1. The van der Waals surface area contributed by atoms with Crippen LogP contribution < -0.4 is 10.6 Å². The Kier molecular flexibility index (Phi) is 10.8. The molecular weight excluding hydrogens is 462 g/mol. The third-order valence-corrected chi connectivity index (χ3v) is 5.30. The molecule has 0 aromatic heterocycles. The first-order chi connectivity index (χ1) is 16.1. The summed E-state index contributed by atoms with van der Waals surface area (Å²) in [5.74, 6) is -1.12. The number of hydrogen-bond donors (Lipinski definition) is 7. The zero-order chi connectivity index (χ0) is 25.4. The average Bonchev–Trinajstić information content (AvgIpc) is 2.79. The van der Waals surface area contributed by atoms with Crippen molar-refractivity contribution in [2.24, 2.45) is 5.11 Å². The zero-order valence-corrected chi connectivity index (χ0v) is 18.6. The van der Waals surface area contributed by atoms with Gasteiger partial charge in [0, 0.05) is 25.3 Å². The maximum Gasteiger partial charge on any atom is 0.217 e. The molecule has 0 aromatic carbocycles. The van der Waals surface area contributed by atoms with Crippen molar-refractivity contribution >= 4 is 11.8 Å². The molecule has 2 heterocycles. The van der Waals surface area contributed by atoms with Gasteiger partial charge >= 0.3 is 0 Å². The van der Waals surface area contributed by atoms with E-state index in [4.69, 9.17) is 24.5 Å². The molecule has 2 rings (SSSR count). The van der Waals surface area contributed by atoms with Crippen molar-refractivity contribution < 1.29 is 54.1 Å². The molecule has 0 aromatic rings. The Balaban J connectivity index is 2.27. The number of hydrogen-bond acceptors (Lipinski definition) is 12. The minimum atomic E-state index is -1.60. The van der Waals surface area contributed by atoms with Crippen LogP contribution in [0.15, 0.2) is 5.11 Å². The van der Waals surface area contributed by atoms with Crippen molar-refractivity contribution in [1.82, 2.24) is 10.6 Å². The van der Waals surface area contributed by atoms with Gasteiger partial charge in [0.15, 0.2) is 12.6 Å². The molecule has 2 aliphatic heterocycles. The summed E-state index contributed by atoms with van der Waals surface area (Å²) in [4.78, 5) is 25.9. The van der Waals surface area contributed by atoms with Crippen molar-refractivity contribution in [1.29, 1.82) is 0 Å². The van der Waals surface area contributed by atoms with Crippen LogP contribution in [0, 0.1) is 0 Å². The summed E-state index contributed by atoms with van der Waals surface area (Å²) in [7, 11) is 0. The number of carbonyl (C=O) groups excluding carboxylic acids is 2. The van der Waals surface area contributed by atoms with Crippen LogP contribution in [0.3, 0.4) is 0 Å². The fourth-order valence-corrected chi connectivity index (χ4v) is 3.76. The molecule has 34 heavy (non-hydrogen) atoms. The molecule has 2 fully saturated rings. The monoisotopic (exact) mass is 493 g/mol. The van der Waals surface area contributed by atoms with Crippen molar-refractivity contribution in [3.05, 3.63) is 10.4 Å². The molecule has 194 valence electrons. The van der Waals surface area contributed by atoms with Gasteiger partial charge in [0.1, 0.15) is 48.7 Å². The Morgan fingerprint density at radius 3 is 2.03 bits per heavy atom. The van der Waals surface area contributed by atoms with Gasteiger partial charge in [0.2, 0.25) is 11.8 Å². The molecule has 0 bridgehead atoms. The summed E-state index contributed by atoms with van der Waals surface area (Å²) >= 11 is 0. The number of rotatable bonds is 10. The number of aliphatic hydroxyl groups excluding tert-OH is 5. The highest BCUT2D eigenvalue weighted by Gasteiger charge is 2.51. The molecule has 16 heteroatoms. The molecule has 0 aliphatic carbocycles. The lowest BCUT2D eigenvalue weighted by molar-refractivity contribution is -0.332. The molecule has 2 aliphatic rings. The third-order valence-electron chi connectivity index (χ3n) is 5.30. The molecule has 10 atom stereocenters. The number of aliphatic hydroxyl groups is 5. The maximum absolute atomic E-state index is 11.7. The van der Waals surface area contributed by atoms with E-state index in [2.05, 4.69) is 20.7 Å². The lowest BCUT2D eigenvalue weighted by Crippen LogP contribution is -2.69. The number of nitrogens with one attached hydrogen (secondary N) is 2. The van der Waals surface area contributed by atoms with Crippen LogP contribution in [-0.4, -0.2) is 125 Å². The summed E-state index contributed by atoms with van der Waals surface area (Å²) in [6, 6.07) is -2.50. The third kappa shape index (κ3) is 6.96. The highest BCUT2D eigenvalue weighted by atomic mass is 16.7. The summed E-state index contributed by atoms with van der Waals surface area (Å²) < 4.78 is 22.4. The second-order valence-electron chi connectivity index (χ2n) is 7.80. The quantitative estimate of drug-likeness (QED) is 0.0673. The van der Waals surface area contributed by atoms with E-state index < -0.39 is 86.3 Å². The molecule has 2 amide bonds. The number of carbonyl (C=O) groups is 2. The van der Waals surface area contributed by atoms with Gasteiger partial charge in [-0.2, -0.15) is 0 Å². The molecule has 16 nitrogen and oxygen atoms in total. The van der Waals surface area contributed by atoms with E-state index in [1.54, 1.807) is 0 Å². The van der Waals surface area contributed by atoms with Crippen LogP contribution in [0.25, 0.3) is 10.4 Å². The predicted molar refractivity (Wildman–Crippen MR) is 110 cm³/mol. The van der Waals surface area contributed by atoms with E-state index in [0.29, 0.717) is 0 Å². The standard InChI is InChI=1S/C18H31N5O11/c1-7(26)21-11-14(29)13(28)9(5-24)32-18(11)34-16-10(6-25)33-17(31-4-3-20-23-19)12(15(16)30)22-8(2)27/h9-18,24-25,28-30H,3-6H2,1-2H3,(H,21,26)(H,22,27)/t9-,10-,11-,12-,13+,14-,15-,16-,17-,18+/m1/s1. The van der Waals surface area contributed by atoms with Gasteiger partial charge in [-0.15, -0.1) is 0 Å². The molecule has 0 unspecified atom stereocenters. The van der Waals surface area contributed by atoms with Crippen molar-refractivity contribution in [3.8, 4) is 0 Å². The normalized spacial score (nSPS) is 38.0. The van der Waals surface area contributed by atoms with Crippen LogP contribution in [0.2, 0.25) is 0 Å². The average molecular weight is 493 g/mol. The molecule has 0 spiro atoms. The minimum Gasteiger partial charge on any atom is -0.394 e. The van der Waals surface area contributed by atoms with Gasteiger partial charge in [0.25, 0.3) is 0 Å². The first-order valence-corrected chi connectivity index (χ1v) is 10.5.